The number of nitrogens with zero attached hydrogens (tertiary/aromatic N) is 4. The zero-order chi connectivity index (χ0) is 15.1. The van der Waals surface area contributed by atoms with Crippen molar-refractivity contribution >= 4 is 17.7 Å². The molecule has 6 heteroatoms. The molecule has 0 aliphatic rings. The molecule has 110 valence electrons. The molecule has 1 rings (SSSR count). The van der Waals surface area contributed by atoms with Crippen molar-refractivity contribution in [3.05, 3.63) is 23.9 Å². The van der Waals surface area contributed by atoms with Gasteiger partial charge < -0.3 is 15.1 Å². The summed E-state index contributed by atoms with van der Waals surface area (Å²) in [6, 6.07) is 5.53. The maximum Gasteiger partial charge on any atom is 0.227 e. The molecule has 0 bridgehead atoms. The fourth-order valence-electron chi connectivity index (χ4n) is 1.76. The van der Waals surface area contributed by atoms with E-state index in [9.17, 15) is 4.79 Å². The first-order chi connectivity index (χ1) is 9.40. The molecular weight excluding hydrogens is 254 g/mol. The van der Waals surface area contributed by atoms with E-state index in [2.05, 4.69) is 15.3 Å². The van der Waals surface area contributed by atoms with E-state index in [4.69, 9.17) is 0 Å². The Kier molecular flexibility index (Phi) is 5.96. The minimum atomic E-state index is -0.0799. The van der Waals surface area contributed by atoms with Crippen molar-refractivity contribution in [1.82, 2.24) is 14.8 Å². The van der Waals surface area contributed by atoms with Gasteiger partial charge in [-0.15, -0.1) is 0 Å². The van der Waals surface area contributed by atoms with E-state index in [-0.39, 0.29) is 5.91 Å². The second-order valence-corrected chi connectivity index (χ2v) is 4.93. The van der Waals surface area contributed by atoms with Gasteiger partial charge in [0.2, 0.25) is 5.91 Å². The van der Waals surface area contributed by atoms with Crippen LogP contribution in [0, 0.1) is 6.92 Å². The predicted molar refractivity (Wildman–Crippen MR) is 81.9 cm³/mol. The summed E-state index contributed by atoms with van der Waals surface area (Å²) in [4.78, 5) is 24.3. The number of carbonyl (C=O) groups is 1. The molecule has 0 unspecified atom stereocenters. The highest BCUT2D eigenvalue weighted by Gasteiger charge is 2.06. The van der Waals surface area contributed by atoms with Gasteiger partial charge in [0.05, 0.1) is 6.54 Å². The molecule has 0 aromatic carbocycles. The average molecular weight is 277 g/mol. The van der Waals surface area contributed by atoms with Crippen molar-refractivity contribution in [2.45, 2.75) is 13.3 Å². The lowest BCUT2D eigenvalue weighted by atomic mass is 10.3. The van der Waals surface area contributed by atoms with E-state index in [1.54, 1.807) is 6.07 Å². The molecule has 1 N–H and O–H groups in total. The Morgan fingerprint density at radius 2 is 1.90 bits per heavy atom. The Bertz CT molecular complexity index is 472. The van der Waals surface area contributed by atoms with Crippen LogP contribution in [-0.2, 0) is 4.79 Å². The number of nitrogens with one attached hydrogen (secondary N) is 1. The molecule has 6 nitrogen and oxygen atoms in total. The van der Waals surface area contributed by atoms with E-state index >= 15 is 0 Å². The van der Waals surface area contributed by atoms with Crippen molar-refractivity contribution in [2.75, 3.05) is 40.1 Å². The van der Waals surface area contributed by atoms with Crippen molar-refractivity contribution in [2.24, 2.45) is 4.99 Å². The van der Waals surface area contributed by atoms with Crippen molar-refractivity contribution < 1.29 is 4.79 Å². The lowest BCUT2D eigenvalue weighted by Crippen LogP contribution is -2.35. The summed E-state index contributed by atoms with van der Waals surface area (Å²) in [5.74, 6) is 1.34. The molecule has 0 atom stereocenters. The third-order valence-corrected chi connectivity index (χ3v) is 2.55. The Balaban J connectivity index is 2.49. The van der Waals surface area contributed by atoms with Gasteiger partial charge in [-0.25, -0.2) is 4.98 Å². The van der Waals surface area contributed by atoms with Crippen LogP contribution in [0.25, 0.3) is 0 Å². The van der Waals surface area contributed by atoms with E-state index in [0.717, 1.165) is 11.7 Å². The number of anilines is 1. The van der Waals surface area contributed by atoms with Gasteiger partial charge in [0.1, 0.15) is 5.82 Å². The molecule has 0 saturated carbocycles. The molecule has 0 saturated heterocycles. The summed E-state index contributed by atoms with van der Waals surface area (Å²) < 4.78 is 0. The van der Waals surface area contributed by atoms with E-state index in [1.807, 2.05) is 57.0 Å². The maximum atomic E-state index is 11.8. The number of amides is 1. The van der Waals surface area contributed by atoms with Gasteiger partial charge in [0.25, 0.3) is 0 Å². The number of aliphatic imine (C=N–C) groups is 1. The smallest absolute Gasteiger partial charge is 0.227 e. The van der Waals surface area contributed by atoms with Crippen LogP contribution in [0.3, 0.4) is 0 Å². The first-order valence-corrected chi connectivity index (χ1v) is 6.52. The lowest BCUT2D eigenvalue weighted by Gasteiger charge is -2.22. The van der Waals surface area contributed by atoms with Gasteiger partial charge in [0, 0.05) is 40.3 Å². The summed E-state index contributed by atoms with van der Waals surface area (Å²) in [5.41, 5.74) is 0.878. The number of guanidine groups is 1. The van der Waals surface area contributed by atoms with Crippen LogP contribution < -0.4 is 5.32 Å². The number of hydrogen-bond donors (Lipinski definition) is 1. The highest BCUT2D eigenvalue weighted by Crippen LogP contribution is 2.04. The third kappa shape index (κ3) is 5.26. The molecule has 0 aliphatic carbocycles. The first-order valence-electron chi connectivity index (χ1n) is 6.52. The van der Waals surface area contributed by atoms with Gasteiger partial charge in [-0.2, -0.15) is 0 Å². The Labute approximate surface area is 120 Å². The second kappa shape index (κ2) is 7.47. The molecule has 0 fully saturated rings. The van der Waals surface area contributed by atoms with Crippen LogP contribution >= 0.6 is 0 Å². The number of aryl methyl sites for hydroxylation is 1. The third-order valence-electron chi connectivity index (χ3n) is 2.55. The fourth-order valence-corrected chi connectivity index (χ4v) is 1.76. The molecule has 0 aliphatic heterocycles. The lowest BCUT2D eigenvalue weighted by molar-refractivity contribution is -0.116. The normalized spacial score (nSPS) is 9.85. The number of carbonyl (C=O) groups excluding carboxylic acids is 1. The number of hydrogen-bond acceptors (Lipinski definition) is 3. The molecular formula is C14H23N5O. The van der Waals surface area contributed by atoms with Crippen LogP contribution in [0.2, 0.25) is 0 Å². The second-order valence-electron chi connectivity index (χ2n) is 4.93. The Morgan fingerprint density at radius 3 is 2.45 bits per heavy atom. The minimum Gasteiger partial charge on any atom is -0.349 e. The molecule has 1 amide bonds. The Hall–Kier alpha value is -2.11. The molecule has 0 radical (unpaired) electrons. The number of pyridine rings is 1. The Morgan fingerprint density at radius 1 is 1.25 bits per heavy atom. The highest BCUT2D eigenvalue weighted by atomic mass is 16.1. The van der Waals surface area contributed by atoms with E-state index < -0.39 is 0 Å². The number of rotatable bonds is 4. The van der Waals surface area contributed by atoms with Crippen LogP contribution in [0.5, 0.6) is 0 Å². The topological polar surface area (TPSA) is 60.8 Å². The quantitative estimate of drug-likeness (QED) is 0.663. The van der Waals surface area contributed by atoms with Crippen molar-refractivity contribution in [3.8, 4) is 0 Å². The van der Waals surface area contributed by atoms with E-state index in [1.165, 1.54) is 0 Å². The number of aromatic nitrogens is 1. The van der Waals surface area contributed by atoms with Crippen LogP contribution in [-0.4, -0.2) is 61.4 Å². The summed E-state index contributed by atoms with van der Waals surface area (Å²) in [5, 5.41) is 2.77. The van der Waals surface area contributed by atoms with Crippen molar-refractivity contribution in [3.63, 3.8) is 0 Å². The van der Waals surface area contributed by atoms with Crippen LogP contribution in [0.4, 0.5) is 5.82 Å². The summed E-state index contributed by atoms with van der Waals surface area (Å²) >= 11 is 0. The molecule has 0 spiro atoms. The summed E-state index contributed by atoms with van der Waals surface area (Å²) in [6.07, 6.45) is 0.334. The SMILES string of the molecule is Cc1cccc(NC(=O)CCN=C(N(C)C)N(C)C)n1. The summed E-state index contributed by atoms with van der Waals surface area (Å²) in [6.45, 7) is 2.34. The molecule has 1 heterocycles. The van der Waals surface area contributed by atoms with Crippen LogP contribution in [0.15, 0.2) is 23.2 Å². The first kappa shape index (κ1) is 15.9. The minimum absolute atomic E-state index is 0.0799. The van der Waals surface area contributed by atoms with Crippen LogP contribution in [0.1, 0.15) is 12.1 Å². The van der Waals surface area contributed by atoms with Gasteiger partial charge >= 0.3 is 0 Å². The fraction of sp³-hybridized carbons (Fsp3) is 0.500. The summed E-state index contributed by atoms with van der Waals surface area (Å²) in [7, 11) is 7.70. The standard InChI is InChI=1S/C14H23N5O/c1-11-7-6-8-12(16-11)17-13(20)9-10-15-14(18(2)3)19(4)5/h6-8H,9-10H2,1-5H3,(H,16,17,20). The van der Waals surface area contributed by atoms with Gasteiger partial charge in [-0.3, -0.25) is 9.79 Å². The zero-order valence-electron chi connectivity index (χ0n) is 12.8. The van der Waals surface area contributed by atoms with Gasteiger partial charge in [-0.05, 0) is 19.1 Å². The predicted octanol–water partition coefficient (Wildman–Crippen LogP) is 1.20. The molecule has 1 aromatic rings. The van der Waals surface area contributed by atoms with E-state index in [0.29, 0.717) is 18.8 Å². The molecule has 1 aromatic heterocycles. The van der Waals surface area contributed by atoms with Gasteiger partial charge in [-0.1, -0.05) is 6.07 Å². The zero-order valence-corrected chi connectivity index (χ0v) is 12.8. The molecule has 20 heavy (non-hydrogen) atoms. The van der Waals surface area contributed by atoms with Gasteiger partial charge in [0.15, 0.2) is 5.96 Å². The highest BCUT2D eigenvalue weighted by molar-refractivity contribution is 5.90. The monoisotopic (exact) mass is 277 g/mol. The van der Waals surface area contributed by atoms with Crippen molar-refractivity contribution in [1.29, 1.82) is 0 Å². The average Bonchev–Trinajstić information content (AvgIpc) is 2.33. The largest absolute Gasteiger partial charge is 0.349 e. The maximum absolute atomic E-state index is 11.8.